The van der Waals surface area contributed by atoms with Gasteiger partial charge in [-0.15, -0.1) is 0 Å². The van der Waals surface area contributed by atoms with Gasteiger partial charge >= 0.3 is 0 Å². The molecule has 14 heavy (non-hydrogen) atoms. The van der Waals surface area contributed by atoms with Crippen LogP contribution < -0.4 is 5.32 Å². The largest absolute Gasteiger partial charge is 0.340 e. The van der Waals surface area contributed by atoms with Gasteiger partial charge in [-0.25, -0.2) is 4.98 Å². The van der Waals surface area contributed by atoms with Gasteiger partial charge in [-0.3, -0.25) is 4.79 Å². The minimum absolute atomic E-state index is 0.306. The van der Waals surface area contributed by atoms with Crippen molar-refractivity contribution in [3.63, 3.8) is 0 Å². The Morgan fingerprint density at radius 3 is 3.00 bits per heavy atom. The molecule has 0 bridgehead atoms. The molecule has 1 unspecified atom stereocenters. The highest BCUT2D eigenvalue weighted by molar-refractivity contribution is 5.92. The quantitative estimate of drug-likeness (QED) is 0.755. The molecule has 0 aliphatic carbocycles. The first-order valence-corrected chi connectivity index (χ1v) is 4.35. The summed E-state index contributed by atoms with van der Waals surface area (Å²) in [5, 5.41) is 11.2. The van der Waals surface area contributed by atoms with Gasteiger partial charge in [-0.2, -0.15) is 5.26 Å². The molecule has 0 saturated carbocycles. The summed E-state index contributed by atoms with van der Waals surface area (Å²) in [4.78, 5) is 15.3. The average Bonchev–Trinajstić information content (AvgIpc) is 2.61. The zero-order chi connectivity index (χ0) is 10.6. The van der Waals surface area contributed by atoms with Gasteiger partial charge in [0.1, 0.15) is 11.7 Å². The lowest BCUT2D eigenvalue weighted by atomic mass is 10.2. The van der Waals surface area contributed by atoms with Gasteiger partial charge in [0.05, 0.1) is 12.4 Å². The second kappa shape index (κ2) is 4.42. The van der Waals surface area contributed by atoms with E-state index < -0.39 is 6.04 Å². The highest BCUT2D eigenvalue weighted by Crippen LogP contribution is 1.96. The van der Waals surface area contributed by atoms with Crippen LogP contribution in [-0.2, 0) is 7.05 Å². The van der Waals surface area contributed by atoms with E-state index in [4.69, 9.17) is 5.26 Å². The van der Waals surface area contributed by atoms with Gasteiger partial charge in [0.2, 0.25) is 0 Å². The SMILES string of the molecule is CCC(C#N)NC(=O)c1cn(C)cn1. The fraction of sp³-hybridized carbons (Fsp3) is 0.444. The number of aryl methyl sites for hydroxylation is 1. The molecule has 1 atom stereocenters. The molecule has 74 valence electrons. The molecule has 1 rings (SSSR count). The number of hydrogen-bond donors (Lipinski definition) is 1. The monoisotopic (exact) mass is 192 g/mol. The molecule has 1 aromatic rings. The number of carbonyl (C=O) groups excluding carboxylic acids is 1. The molecule has 0 aliphatic rings. The van der Waals surface area contributed by atoms with Gasteiger partial charge in [-0.1, -0.05) is 6.92 Å². The Balaban J connectivity index is 2.64. The molecule has 0 radical (unpaired) electrons. The maximum atomic E-state index is 11.4. The molecule has 0 spiro atoms. The Kier molecular flexibility index (Phi) is 3.24. The smallest absolute Gasteiger partial charge is 0.272 e. The first-order valence-electron chi connectivity index (χ1n) is 4.35. The topological polar surface area (TPSA) is 70.7 Å². The van der Waals surface area contributed by atoms with Gasteiger partial charge in [-0.05, 0) is 6.42 Å². The van der Waals surface area contributed by atoms with Crippen LogP contribution in [-0.4, -0.2) is 21.5 Å². The summed E-state index contributed by atoms with van der Waals surface area (Å²) in [5.41, 5.74) is 0.334. The van der Waals surface area contributed by atoms with Crippen molar-refractivity contribution in [2.45, 2.75) is 19.4 Å². The second-order valence-corrected chi connectivity index (χ2v) is 2.99. The number of imidazole rings is 1. The fourth-order valence-electron chi connectivity index (χ4n) is 0.988. The molecule has 5 heteroatoms. The normalized spacial score (nSPS) is 11.8. The maximum absolute atomic E-state index is 11.4. The number of hydrogen-bond acceptors (Lipinski definition) is 3. The van der Waals surface area contributed by atoms with Crippen molar-refractivity contribution in [3.05, 3.63) is 18.2 Å². The van der Waals surface area contributed by atoms with E-state index in [0.29, 0.717) is 12.1 Å². The number of aromatic nitrogens is 2. The third kappa shape index (κ3) is 2.33. The lowest BCUT2D eigenvalue weighted by Gasteiger charge is -2.06. The van der Waals surface area contributed by atoms with E-state index in [9.17, 15) is 4.79 Å². The summed E-state index contributed by atoms with van der Waals surface area (Å²) in [7, 11) is 1.78. The number of nitrogens with zero attached hydrogens (tertiary/aromatic N) is 3. The number of nitrogens with one attached hydrogen (secondary N) is 1. The molecule has 1 amide bonds. The molecule has 0 saturated heterocycles. The minimum Gasteiger partial charge on any atom is -0.340 e. The van der Waals surface area contributed by atoms with Crippen LogP contribution in [0.2, 0.25) is 0 Å². The Labute approximate surface area is 82.4 Å². The minimum atomic E-state index is -0.440. The summed E-state index contributed by atoms with van der Waals surface area (Å²) >= 11 is 0. The molecule has 0 fully saturated rings. The van der Waals surface area contributed by atoms with Gasteiger partial charge in [0, 0.05) is 13.2 Å². The van der Waals surface area contributed by atoms with Crippen LogP contribution >= 0.6 is 0 Å². The van der Waals surface area contributed by atoms with E-state index in [2.05, 4.69) is 10.3 Å². The molecule has 5 nitrogen and oxygen atoms in total. The van der Waals surface area contributed by atoms with Crippen molar-refractivity contribution in [2.24, 2.45) is 7.05 Å². The summed E-state index contributed by atoms with van der Waals surface area (Å²) in [6, 6.07) is 1.55. The van der Waals surface area contributed by atoms with Crippen molar-refractivity contribution < 1.29 is 4.79 Å². The Bertz CT molecular complexity index is 363. The van der Waals surface area contributed by atoms with E-state index in [1.54, 1.807) is 24.1 Å². The second-order valence-electron chi connectivity index (χ2n) is 2.99. The van der Waals surface area contributed by atoms with Crippen molar-refractivity contribution in [3.8, 4) is 6.07 Å². The van der Waals surface area contributed by atoms with Crippen molar-refractivity contribution in [1.29, 1.82) is 5.26 Å². The fourth-order valence-corrected chi connectivity index (χ4v) is 0.988. The molecule has 1 heterocycles. The summed E-state index contributed by atoms with van der Waals surface area (Å²) in [6.45, 7) is 1.84. The standard InChI is InChI=1S/C9H12N4O/c1-3-7(4-10)12-9(14)8-5-13(2)6-11-8/h5-7H,3H2,1-2H3,(H,12,14). The molecule has 0 aliphatic heterocycles. The maximum Gasteiger partial charge on any atom is 0.272 e. The van der Waals surface area contributed by atoms with Gasteiger partial charge in [0.15, 0.2) is 0 Å². The van der Waals surface area contributed by atoms with Crippen molar-refractivity contribution >= 4 is 5.91 Å². The van der Waals surface area contributed by atoms with E-state index in [-0.39, 0.29) is 5.91 Å². The first kappa shape index (κ1) is 10.3. The summed E-state index contributed by atoms with van der Waals surface area (Å²) in [6.07, 6.45) is 3.75. The van der Waals surface area contributed by atoms with Crippen LogP contribution in [0.5, 0.6) is 0 Å². The van der Waals surface area contributed by atoms with Crippen LogP contribution in [0.25, 0.3) is 0 Å². The molecule has 1 N–H and O–H groups in total. The first-order chi connectivity index (χ1) is 6.67. The van der Waals surface area contributed by atoms with Crippen LogP contribution in [0.1, 0.15) is 23.8 Å². The molecule has 0 aromatic carbocycles. The zero-order valence-corrected chi connectivity index (χ0v) is 8.19. The summed E-state index contributed by atoms with van der Waals surface area (Å²) in [5.74, 6) is -0.306. The Morgan fingerprint density at radius 1 is 1.86 bits per heavy atom. The lowest BCUT2D eigenvalue weighted by Crippen LogP contribution is -2.33. The number of rotatable bonds is 3. The Hall–Kier alpha value is -1.83. The third-order valence-corrected chi connectivity index (χ3v) is 1.81. The molecular formula is C9H12N4O. The molecular weight excluding hydrogens is 180 g/mol. The van der Waals surface area contributed by atoms with Gasteiger partial charge < -0.3 is 9.88 Å². The summed E-state index contributed by atoms with van der Waals surface area (Å²) < 4.78 is 1.68. The molecule has 1 aromatic heterocycles. The Morgan fingerprint density at radius 2 is 2.57 bits per heavy atom. The predicted molar refractivity (Wildman–Crippen MR) is 50.4 cm³/mol. The van der Waals surface area contributed by atoms with Crippen LogP contribution in [0.4, 0.5) is 0 Å². The number of nitriles is 1. The van der Waals surface area contributed by atoms with Gasteiger partial charge in [0.25, 0.3) is 5.91 Å². The third-order valence-electron chi connectivity index (χ3n) is 1.81. The van der Waals surface area contributed by atoms with Crippen LogP contribution in [0.3, 0.4) is 0 Å². The zero-order valence-electron chi connectivity index (χ0n) is 8.19. The lowest BCUT2D eigenvalue weighted by molar-refractivity contribution is 0.0940. The van der Waals surface area contributed by atoms with E-state index in [1.807, 2.05) is 13.0 Å². The van der Waals surface area contributed by atoms with Crippen molar-refractivity contribution in [2.75, 3.05) is 0 Å². The van der Waals surface area contributed by atoms with Crippen LogP contribution in [0, 0.1) is 11.3 Å². The van der Waals surface area contributed by atoms with E-state index >= 15 is 0 Å². The number of amides is 1. The average molecular weight is 192 g/mol. The van der Waals surface area contributed by atoms with Crippen LogP contribution in [0.15, 0.2) is 12.5 Å². The highest BCUT2D eigenvalue weighted by atomic mass is 16.1. The van der Waals surface area contributed by atoms with E-state index in [0.717, 1.165) is 0 Å². The highest BCUT2D eigenvalue weighted by Gasteiger charge is 2.12. The number of carbonyl (C=O) groups is 1. The van der Waals surface area contributed by atoms with E-state index in [1.165, 1.54) is 0 Å². The predicted octanol–water partition coefficient (Wildman–Crippen LogP) is 0.452. The van der Waals surface area contributed by atoms with Crippen molar-refractivity contribution in [1.82, 2.24) is 14.9 Å².